The lowest BCUT2D eigenvalue weighted by Gasteiger charge is -2.16. The Labute approximate surface area is 103 Å². The molecule has 19 heavy (non-hydrogen) atoms. The highest BCUT2D eigenvalue weighted by molar-refractivity contribution is 5.76. The number of hydrogen-bond donors (Lipinski definition) is 1. The fraction of sp³-hybridized carbons (Fsp3) is 0.364. The molecule has 0 heterocycles. The number of carboxylic acid groups (broad SMARTS) is 1. The Morgan fingerprint density at radius 2 is 1.74 bits per heavy atom. The quantitative estimate of drug-likeness (QED) is 0.857. The van der Waals surface area contributed by atoms with Gasteiger partial charge in [0.15, 0.2) is 0 Å². The molecular weight excluding hydrogens is 278 g/mol. The van der Waals surface area contributed by atoms with E-state index in [2.05, 4.69) is 0 Å². The lowest BCUT2D eigenvalue weighted by molar-refractivity contribution is -0.157. The zero-order valence-electron chi connectivity index (χ0n) is 9.22. The Balaban J connectivity index is 3.14. The topological polar surface area (TPSA) is 37.3 Å². The molecule has 0 aliphatic heterocycles. The average molecular weight is 286 g/mol. The molecule has 0 aromatic heterocycles. The molecule has 0 fully saturated rings. The van der Waals surface area contributed by atoms with Crippen LogP contribution in [0.4, 0.5) is 26.3 Å². The Bertz CT molecular complexity index is 463. The molecule has 0 aliphatic rings. The summed E-state index contributed by atoms with van der Waals surface area (Å²) in [5.41, 5.74) is -1.71. The summed E-state index contributed by atoms with van der Waals surface area (Å²) in [5.74, 6) is -3.88. The van der Waals surface area contributed by atoms with E-state index >= 15 is 0 Å². The number of aliphatic carboxylic acids is 1. The van der Waals surface area contributed by atoms with Crippen molar-refractivity contribution < 1.29 is 36.2 Å². The number of benzene rings is 1. The van der Waals surface area contributed by atoms with Crippen molar-refractivity contribution in [1.82, 2.24) is 0 Å². The molecule has 0 unspecified atom stereocenters. The van der Waals surface area contributed by atoms with Gasteiger partial charge in [0.05, 0.1) is 17.9 Å². The van der Waals surface area contributed by atoms with Crippen molar-refractivity contribution in [2.24, 2.45) is 0 Å². The first-order valence-corrected chi connectivity index (χ1v) is 4.97. The van der Waals surface area contributed by atoms with Gasteiger partial charge in [-0.2, -0.15) is 26.3 Å². The summed E-state index contributed by atoms with van der Waals surface area (Å²) in [6.45, 7) is 0. The summed E-state index contributed by atoms with van der Waals surface area (Å²) in [5, 5.41) is 8.70. The van der Waals surface area contributed by atoms with Gasteiger partial charge >= 0.3 is 18.3 Å². The normalized spacial score (nSPS) is 14.2. The van der Waals surface area contributed by atoms with Crippen molar-refractivity contribution in [3.63, 3.8) is 0 Å². The summed E-state index contributed by atoms with van der Waals surface area (Å²) in [7, 11) is 0. The molecule has 8 heteroatoms. The Hall–Kier alpha value is -1.73. The van der Waals surface area contributed by atoms with E-state index in [0.29, 0.717) is 12.1 Å². The molecule has 0 amide bonds. The lowest BCUT2D eigenvalue weighted by atomic mass is 9.94. The van der Waals surface area contributed by atoms with Crippen molar-refractivity contribution in [1.29, 1.82) is 0 Å². The molecule has 1 rings (SSSR count). The first kappa shape index (κ1) is 15.3. The number of carboxylic acids is 1. The predicted octanol–water partition coefficient (Wildman–Crippen LogP) is 3.83. The molecule has 1 atom stereocenters. The molecule has 1 aromatic rings. The second-order valence-corrected chi connectivity index (χ2v) is 3.83. The zero-order valence-corrected chi connectivity index (χ0v) is 9.22. The Kier molecular flexibility index (Phi) is 4.12. The van der Waals surface area contributed by atoms with Crippen LogP contribution in [-0.4, -0.2) is 17.3 Å². The van der Waals surface area contributed by atoms with E-state index in [0.717, 1.165) is 12.1 Å². The van der Waals surface area contributed by atoms with E-state index in [1.165, 1.54) is 0 Å². The van der Waals surface area contributed by atoms with Crippen LogP contribution in [-0.2, 0) is 11.0 Å². The number of alkyl halides is 6. The third-order valence-corrected chi connectivity index (χ3v) is 2.35. The molecule has 1 N–H and O–H groups in total. The van der Waals surface area contributed by atoms with Crippen LogP contribution in [0.5, 0.6) is 0 Å². The summed E-state index contributed by atoms with van der Waals surface area (Å²) in [6.07, 6.45) is -11.2. The average Bonchev–Trinajstić information content (AvgIpc) is 2.23. The van der Waals surface area contributed by atoms with Crippen molar-refractivity contribution >= 4 is 5.97 Å². The number of hydrogen-bond acceptors (Lipinski definition) is 1. The summed E-state index contributed by atoms with van der Waals surface area (Å²) < 4.78 is 73.8. The van der Waals surface area contributed by atoms with Crippen molar-refractivity contribution in [2.75, 3.05) is 0 Å². The van der Waals surface area contributed by atoms with Gasteiger partial charge in [-0.1, -0.05) is 18.2 Å². The van der Waals surface area contributed by atoms with Crippen LogP contribution in [0.25, 0.3) is 0 Å². The van der Waals surface area contributed by atoms with E-state index in [4.69, 9.17) is 5.11 Å². The van der Waals surface area contributed by atoms with E-state index in [1.807, 2.05) is 0 Å². The summed E-state index contributed by atoms with van der Waals surface area (Å²) in [6, 6.07) is 2.89. The summed E-state index contributed by atoms with van der Waals surface area (Å²) >= 11 is 0. The highest BCUT2D eigenvalue weighted by atomic mass is 19.4. The summed E-state index contributed by atoms with van der Waals surface area (Å²) in [4.78, 5) is 10.8. The van der Waals surface area contributed by atoms with Crippen molar-refractivity contribution in [3.05, 3.63) is 35.4 Å². The first-order valence-electron chi connectivity index (χ1n) is 4.97. The number of halogens is 6. The smallest absolute Gasteiger partial charge is 0.416 e. The van der Waals surface area contributed by atoms with Crippen LogP contribution in [0.3, 0.4) is 0 Å². The lowest BCUT2D eigenvalue weighted by Crippen LogP contribution is -2.21. The van der Waals surface area contributed by atoms with Gasteiger partial charge < -0.3 is 5.11 Å². The standard InChI is InChI=1S/C11H8F6O2/c12-10(13,14)5-8(9(18)19)6-2-1-3-7(4-6)11(15,16)17/h1-4,8H,5H2,(H,18,19)/t8-/m1/s1. The Morgan fingerprint density at radius 1 is 1.16 bits per heavy atom. The monoisotopic (exact) mass is 286 g/mol. The van der Waals surface area contributed by atoms with Gasteiger partial charge in [-0.05, 0) is 11.6 Å². The van der Waals surface area contributed by atoms with E-state index in [-0.39, 0.29) is 0 Å². The highest BCUT2D eigenvalue weighted by Crippen LogP contribution is 2.35. The van der Waals surface area contributed by atoms with Gasteiger partial charge in [-0.25, -0.2) is 0 Å². The molecule has 106 valence electrons. The van der Waals surface area contributed by atoms with Gasteiger partial charge in [0.1, 0.15) is 0 Å². The van der Waals surface area contributed by atoms with Gasteiger partial charge in [-0.3, -0.25) is 4.79 Å². The maximum Gasteiger partial charge on any atom is 0.416 e. The van der Waals surface area contributed by atoms with Crippen LogP contribution < -0.4 is 0 Å². The van der Waals surface area contributed by atoms with Crippen LogP contribution >= 0.6 is 0 Å². The molecule has 0 radical (unpaired) electrons. The number of carbonyl (C=O) groups is 1. The SMILES string of the molecule is O=C(O)[C@H](CC(F)(F)F)c1cccc(C(F)(F)F)c1. The van der Waals surface area contributed by atoms with E-state index in [1.54, 1.807) is 0 Å². The van der Waals surface area contributed by atoms with Gasteiger partial charge in [-0.15, -0.1) is 0 Å². The fourth-order valence-electron chi connectivity index (χ4n) is 1.51. The second-order valence-electron chi connectivity index (χ2n) is 3.83. The van der Waals surface area contributed by atoms with Crippen LogP contribution in [0.15, 0.2) is 24.3 Å². The van der Waals surface area contributed by atoms with Crippen LogP contribution in [0.2, 0.25) is 0 Å². The largest absolute Gasteiger partial charge is 0.481 e. The van der Waals surface area contributed by atoms with Crippen molar-refractivity contribution in [2.45, 2.75) is 24.7 Å². The molecule has 0 spiro atoms. The molecule has 0 bridgehead atoms. The number of rotatable bonds is 3. The fourth-order valence-corrected chi connectivity index (χ4v) is 1.51. The maximum absolute atomic E-state index is 12.4. The molecule has 0 saturated carbocycles. The van der Waals surface area contributed by atoms with Gasteiger partial charge in [0, 0.05) is 0 Å². The van der Waals surface area contributed by atoms with Crippen molar-refractivity contribution in [3.8, 4) is 0 Å². The Morgan fingerprint density at radius 3 is 2.16 bits per heavy atom. The molecule has 0 aliphatic carbocycles. The second kappa shape index (κ2) is 5.10. The van der Waals surface area contributed by atoms with Crippen LogP contribution in [0, 0.1) is 0 Å². The van der Waals surface area contributed by atoms with E-state index in [9.17, 15) is 31.1 Å². The molecule has 2 nitrogen and oxygen atoms in total. The third kappa shape index (κ3) is 4.46. The predicted molar refractivity (Wildman–Crippen MR) is 52.5 cm³/mol. The minimum atomic E-state index is -4.78. The maximum atomic E-state index is 12.4. The first-order chi connectivity index (χ1) is 8.50. The molecule has 1 aromatic carbocycles. The zero-order chi connectivity index (χ0) is 14.8. The highest BCUT2D eigenvalue weighted by Gasteiger charge is 2.37. The van der Waals surface area contributed by atoms with E-state index < -0.39 is 41.8 Å². The van der Waals surface area contributed by atoms with Gasteiger partial charge in [0.2, 0.25) is 0 Å². The minimum Gasteiger partial charge on any atom is -0.481 e. The molecular formula is C11H8F6O2. The van der Waals surface area contributed by atoms with Gasteiger partial charge in [0.25, 0.3) is 0 Å². The third-order valence-electron chi connectivity index (χ3n) is 2.35. The molecule has 0 saturated heterocycles. The van der Waals surface area contributed by atoms with Crippen LogP contribution in [0.1, 0.15) is 23.5 Å². The minimum absolute atomic E-state index is 0.421.